The molecule has 2 aromatic rings. The van der Waals surface area contributed by atoms with Crippen molar-refractivity contribution in [3.05, 3.63) is 59.8 Å². The zero-order valence-electron chi connectivity index (χ0n) is 18.7. The molecule has 7 heteroatoms. The van der Waals surface area contributed by atoms with E-state index in [2.05, 4.69) is 27.3 Å². The molecule has 1 aliphatic heterocycles. The third kappa shape index (κ3) is 4.95. The molecule has 1 saturated carbocycles. The minimum atomic E-state index is -0.798. The van der Waals surface area contributed by atoms with Crippen molar-refractivity contribution in [3.63, 3.8) is 0 Å². The third-order valence-corrected chi connectivity index (χ3v) is 7.03. The van der Waals surface area contributed by atoms with E-state index in [1.807, 2.05) is 30.3 Å². The van der Waals surface area contributed by atoms with Crippen LogP contribution in [-0.4, -0.2) is 46.5 Å². The van der Waals surface area contributed by atoms with Crippen LogP contribution in [0.5, 0.6) is 0 Å². The Hall–Kier alpha value is -2.48. The van der Waals surface area contributed by atoms with Gasteiger partial charge in [0.2, 0.25) is 0 Å². The van der Waals surface area contributed by atoms with Gasteiger partial charge in [-0.2, -0.15) is 0 Å². The first-order chi connectivity index (χ1) is 15.6. The Balaban J connectivity index is 1.57. The van der Waals surface area contributed by atoms with Crippen LogP contribution in [0.1, 0.15) is 43.2 Å². The molecule has 4 N–H and O–H groups in total. The first kappa shape index (κ1) is 22.7. The number of hydrogen-bond donors (Lipinski definition) is 3. The number of nitrogens with two attached hydrogens (primary N) is 1. The number of nitrogens with zero attached hydrogens (tertiary/aromatic N) is 2. The molecule has 1 aliphatic carbocycles. The van der Waals surface area contributed by atoms with Gasteiger partial charge in [0.25, 0.3) is 0 Å². The Morgan fingerprint density at radius 3 is 2.62 bits per heavy atom. The molecule has 3 unspecified atom stereocenters. The molecule has 0 bridgehead atoms. The van der Waals surface area contributed by atoms with E-state index in [9.17, 15) is 9.90 Å². The summed E-state index contributed by atoms with van der Waals surface area (Å²) in [5, 5.41) is 13.6. The van der Waals surface area contributed by atoms with Gasteiger partial charge >= 0.3 is 5.97 Å². The lowest BCUT2D eigenvalue weighted by molar-refractivity contribution is -0.212. The Labute approximate surface area is 190 Å². The summed E-state index contributed by atoms with van der Waals surface area (Å²) in [6.07, 6.45) is 7.87. The molecular weight excluding hydrogens is 404 g/mol. The van der Waals surface area contributed by atoms with Crippen LogP contribution in [-0.2, 0) is 22.5 Å². The quantitative estimate of drug-likeness (QED) is 0.517. The number of nitrogen functional groups attached to an aromatic ring is 1. The molecule has 1 aromatic heterocycles. The summed E-state index contributed by atoms with van der Waals surface area (Å²) in [5.41, 5.74) is 8.07. The summed E-state index contributed by atoms with van der Waals surface area (Å²) < 4.78 is 5.82. The number of carboxylic acid groups (broad SMARTS) is 1. The van der Waals surface area contributed by atoms with E-state index >= 15 is 0 Å². The summed E-state index contributed by atoms with van der Waals surface area (Å²) >= 11 is 0. The molecule has 32 heavy (non-hydrogen) atoms. The summed E-state index contributed by atoms with van der Waals surface area (Å²) in [5.74, 6) is 0.153. The van der Waals surface area contributed by atoms with Crippen LogP contribution in [0.4, 0.5) is 5.82 Å². The van der Waals surface area contributed by atoms with Crippen LogP contribution in [0.3, 0.4) is 0 Å². The van der Waals surface area contributed by atoms with Crippen molar-refractivity contribution in [3.8, 4) is 0 Å². The number of carboxylic acids is 1. The number of likely N-dealkylation sites (tertiary alicyclic amines) is 1. The van der Waals surface area contributed by atoms with Gasteiger partial charge in [-0.05, 0) is 48.4 Å². The van der Waals surface area contributed by atoms with Crippen molar-refractivity contribution < 1.29 is 14.6 Å². The van der Waals surface area contributed by atoms with Crippen LogP contribution < -0.4 is 11.1 Å². The minimum absolute atomic E-state index is 0.00794. The van der Waals surface area contributed by atoms with Gasteiger partial charge in [0.05, 0.1) is 0 Å². The molecule has 2 aliphatic rings. The van der Waals surface area contributed by atoms with Crippen molar-refractivity contribution in [1.82, 2.24) is 15.2 Å². The second kappa shape index (κ2) is 10.4. The smallest absolute Gasteiger partial charge is 0.321 e. The zero-order valence-corrected chi connectivity index (χ0v) is 18.7. The number of methoxy groups -OCH3 is 1. The van der Waals surface area contributed by atoms with Crippen molar-refractivity contribution in [2.24, 2.45) is 11.8 Å². The molecule has 2 heterocycles. The fraction of sp³-hybridized carbons (Fsp3) is 0.520. The van der Waals surface area contributed by atoms with Crippen molar-refractivity contribution in [2.75, 3.05) is 12.8 Å². The van der Waals surface area contributed by atoms with Gasteiger partial charge in [0, 0.05) is 31.8 Å². The van der Waals surface area contributed by atoms with E-state index in [1.54, 1.807) is 13.3 Å². The largest absolute Gasteiger partial charge is 0.480 e. The molecule has 1 saturated heterocycles. The standard InChI is InChI=1S/C25H34N4O3/c1-32-25(28-16-17-8-4-2-5-9-17)29-22(19-10-6-3-7-11-19)20(23(29)24(30)31)14-18-12-13-27-21(26)15-18/h2,4-5,8-9,12-13,15,19-20,22-23,25,28H,3,6-7,10-11,14,16H2,1H3,(H2,26,27)(H,30,31)/t20-,22?,23?,25?/m0/s1. The van der Waals surface area contributed by atoms with Gasteiger partial charge in [-0.15, -0.1) is 0 Å². The number of rotatable bonds is 9. The average molecular weight is 439 g/mol. The lowest BCUT2D eigenvalue weighted by atomic mass is 9.67. The molecule has 4 atom stereocenters. The number of nitrogens with one attached hydrogen (secondary N) is 1. The van der Waals surface area contributed by atoms with Crippen molar-refractivity contribution in [1.29, 1.82) is 0 Å². The number of aromatic nitrogens is 1. The summed E-state index contributed by atoms with van der Waals surface area (Å²) in [6.45, 7) is 0.616. The first-order valence-corrected chi connectivity index (χ1v) is 11.6. The molecule has 2 fully saturated rings. The number of carbonyl (C=O) groups is 1. The lowest BCUT2D eigenvalue weighted by Crippen LogP contribution is -2.74. The van der Waals surface area contributed by atoms with Crippen LogP contribution >= 0.6 is 0 Å². The van der Waals surface area contributed by atoms with Crippen LogP contribution in [0, 0.1) is 11.8 Å². The lowest BCUT2D eigenvalue weighted by Gasteiger charge is -2.59. The highest BCUT2D eigenvalue weighted by molar-refractivity contribution is 5.75. The monoisotopic (exact) mass is 438 g/mol. The van der Waals surface area contributed by atoms with E-state index < -0.39 is 18.4 Å². The van der Waals surface area contributed by atoms with Crippen LogP contribution in [0.25, 0.3) is 0 Å². The normalized spacial score (nSPS) is 25.2. The summed E-state index contributed by atoms with van der Waals surface area (Å²) in [4.78, 5) is 18.6. The van der Waals surface area contributed by atoms with Crippen LogP contribution in [0.2, 0.25) is 0 Å². The predicted molar refractivity (Wildman–Crippen MR) is 124 cm³/mol. The first-order valence-electron chi connectivity index (χ1n) is 11.6. The number of hydrogen-bond acceptors (Lipinski definition) is 6. The Kier molecular flexibility index (Phi) is 7.40. The highest BCUT2D eigenvalue weighted by atomic mass is 16.5. The van der Waals surface area contributed by atoms with Gasteiger partial charge in [0.1, 0.15) is 11.9 Å². The van der Waals surface area contributed by atoms with Gasteiger partial charge < -0.3 is 15.6 Å². The van der Waals surface area contributed by atoms with Gasteiger partial charge in [-0.25, -0.2) is 9.88 Å². The molecule has 1 aromatic carbocycles. The highest BCUT2D eigenvalue weighted by Crippen LogP contribution is 2.45. The van der Waals surface area contributed by atoms with E-state index in [0.717, 1.165) is 24.0 Å². The van der Waals surface area contributed by atoms with Crippen LogP contribution in [0.15, 0.2) is 48.7 Å². The molecule has 172 valence electrons. The second-order valence-corrected chi connectivity index (χ2v) is 9.03. The number of aliphatic carboxylic acids is 1. The Bertz CT molecular complexity index is 888. The molecule has 7 nitrogen and oxygen atoms in total. The molecular formula is C25H34N4O3. The molecule has 0 spiro atoms. The molecule has 4 rings (SSSR count). The third-order valence-electron chi connectivity index (χ3n) is 7.03. The number of benzene rings is 1. The summed E-state index contributed by atoms with van der Waals surface area (Å²) in [7, 11) is 1.65. The van der Waals surface area contributed by atoms with E-state index in [4.69, 9.17) is 10.5 Å². The maximum atomic E-state index is 12.4. The second-order valence-electron chi connectivity index (χ2n) is 9.03. The molecule has 0 radical (unpaired) electrons. The fourth-order valence-electron chi connectivity index (χ4n) is 5.63. The Morgan fingerprint density at radius 1 is 1.22 bits per heavy atom. The maximum Gasteiger partial charge on any atom is 0.321 e. The zero-order chi connectivity index (χ0) is 22.5. The fourth-order valence-corrected chi connectivity index (χ4v) is 5.63. The minimum Gasteiger partial charge on any atom is -0.480 e. The number of ether oxygens (including phenoxy) is 1. The number of anilines is 1. The highest BCUT2D eigenvalue weighted by Gasteiger charge is 2.57. The topological polar surface area (TPSA) is 101 Å². The summed E-state index contributed by atoms with van der Waals surface area (Å²) in [6, 6.07) is 13.5. The van der Waals surface area contributed by atoms with Gasteiger partial charge in [-0.3, -0.25) is 10.1 Å². The maximum absolute atomic E-state index is 12.4. The van der Waals surface area contributed by atoms with Crippen molar-refractivity contribution in [2.45, 2.75) is 63.5 Å². The van der Waals surface area contributed by atoms with E-state index in [0.29, 0.717) is 24.7 Å². The molecule has 0 amide bonds. The van der Waals surface area contributed by atoms with Gasteiger partial charge in [-0.1, -0.05) is 49.6 Å². The van der Waals surface area contributed by atoms with E-state index in [-0.39, 0.29) is 12.0 Å². The van der Waals surface area contributed by atoms with E-state index in [1.165, 1.54) is 19.3 Å². The Morgan fingerprint density at radius 2 is 1.97 bits per heavy atom. The van der Waals surface area contributed by atoms with Gasteiger partial charge in [0.15, 0.2) is 6.35 Å². The van der Waals surface area contributed by atoms with Crippen molar-refractivity contribution >= 4 is 11.8 Å². The average Bonchev–Trinajstić information content (AvgIpc) is 2.79. The number of pyridine rings is 1. The SMILES string of the molecule is COC(NCc1ccccc1)N1C(C(=O)O)[C@@H](Cc2ccnc(N)c2)C1C1CCCCC1. The predicted octanol–water partition coefficient (Wildman–Crippen LogP) is 3.26.